The van der Waals surface area contributed by atoms with E-state index >= 15 is 0 Å². The van der Waals surface area contributed by atoms with Crippen LogP contribution in [-0.2, 0) is 4.74 Å². The third-order valence-electron chi connectivity index (χ3n) is 5.69. The number of ether oxygens (including phenoxy) is 1. The number of nitrogens with two attached hydrogens (primary N) is 1. The highest BCUT2D eigenvalue weighted by Crippen LogP contribution is 2.42. The van der Waals surface area contributed by atoms with Crippen molar-refractivity contribution < 1.29 is 4.74 Å². The van der Waals surface area contributed by atoms with Gasteiger partial charge in [0, 0.05) is 44.1 Å². The fourth-order valence-corrected chi connectivity index (χ4v) is 4.56. The predicted octanol–water partition coefficient (Wildman–Crippen LogP) is 1.38. The van der Waals surface area contributed by atoms with E-state index in [1.54, 1.807) is 7.11 Å². The Balaban J connectivity index is 2.03. The van der Waals surface area contributed by atoms with Gasteiger partial charge in [-0.05, 0) is 38.6 Å². The molecule has 134 valence electrons. The highest BCUT2D eigenvalue weighted by Gasteiger charge is 2.43. The molecule has 24 heavy (non-hydrogen) atoms. The van der Waals surface area contributed by atoms with E-state index in [0.717, 1.165) is 51.0 Å². The lowest BCUT2D eigenvalue weighted by molar-refractivity contribution is 0.0237. The Hall–Kier alpha value is -1.40. The summed E-state index contributed by atoms with van der Waals surface area (Å²) in [5.74, 6) is 1.30. The van der Waals surface area contributed by atoms with Crippen LogP contribution in [0.5, 0.6) is 0 Å². The number of hydrogen-bond donors (Lipinski definition) is 3. The quantitative estimate of drug-likeness (QED) is 0.681. The summed E-state index contributed by atoms with van der Waals surface area (Å²) < 4.78 is 5.71. The van der Waals surface area contributed by atoms with E-state index in [4.69, 9.17) is 20.9 Å². The van der Waals surface area contributed by atoms with Crippen molar-refractivity contribution in [2.75, 3.05) is 33.3 Å². The van der Waals surface area contributed by atoms with Crippen LogP contribution in [0.15, 0.2) is 16.3 Å². The largest absolute Gasteiger partial charge is 0.383 e. The van der Waals surface area contributed by atoms with Crippen LogP contribution in [0.3, 0.4) is 0 Å². The molecule has 1 aliphatic carbocycles. The Kier molecular flexibility index (Phi) is 5.25. The number of amidine groups is 1. The van der Waals surface area contributed by atoms with Crippen molar-refractivity contribution in [2.24, 2.45) is 22.6 Å². The smallest absolute Gasteiger partial charge is 0.129 e. The summed E-state index contributed by atoms with van der Waals surface area (Å²) in [5.41, 5.74) is 8.96. The molecule has 0 aromatic carbocycles. The molecule has 2 heterocycles. The summed E-state index contributed by atoms with van der Waals surface area (Å²) in [6.45, 7) is 8.09. The van der Waals surface area contributed by atoms with Gasteiger partial charge in [-0.15, -0.1) is 0 Å². The lowest BCUT2D eigenvalue weighted by atomic mass is 9.72. The standard InChI is InChI=1S/C18H31N5O/c1-11-9-13(24-3)10-14-16(11)22-18(20)15(12(2)19)17(14)23-7-4-5-21-6-8-23/h11,13-14,16,19,21H,4-10H2,1-3H3,(H2,20,22). The van der Waals surface area contributed by atoms with E-state index in [-0.39, 0.29) is 12.1 Å². The van der Waals surface area contributed by atoms with E-state index in [1.807, 2.05) is 6.92 Å². The number of aliphatic imine (C=N–C) groups is 1. The summed E-state index contributed by atoms with van der Waals surface area (Å²) in [4.78, 5) is 7.28. The Labute approximate surface area is 145 Å². The van der Waals surface area contributed by atoms with Crippen LogP contribution >= 0.6 is 0 Å². The van der Waals surface area contributed by atoms with Gasteiger partial charge in [-0.3, -0.25) is 4.99 Å². The summed E-state index contributed by atoms with van der Waals surface area (Å²) in [6, 6.07) is 0.214. The second kappa shape index (κ2) is 7.23. The van der Waals surface area contributed by atoms with Gasteiger partial charge in [0.25, 0.3) is 0 Å². The molecule has 4 unspecified atom stereocenters. The normalized spacial score (nSPS) is 34.5. The number of rotatable bonds is 3. The van der Waals surface area contributed by atoms with Crippen LogP contribution in [0, 0.1) is 17.2 Å². The Bertz CT molecular complexity index is 548. The first-order valence-electron chi connectivity index (χ1n) is 9.14. The minimum Gasteiger partial charge on any atom is -0.383 e. The van der Waals surface area contributed by atoms with Gasteiger partial charge in [-0.1, -0.05) is 6.92 Å². The zero-order valence-corrected chi connectivity index (χ0v) is 15.1. The number of dihydropyridines is 1. The highest BCUT2D eigenvalue weighted by atomic mass is 16.5. The maximum Gasteiger partial charge on any atom is 0.129 e. The molecule has 1 saturated heterocycles. The van der Waals surface area contributed by atoms with Gasteiger partial charge in [-0.2, -0.15) is 0 Å². The Morgan fingerprint density at radius 2 is 2.12 bits per heavy atom. The summed E-state index contributed by atoms with van der Waals surface area (Å²) in [6.07, 6.45) is 3.38. The van der Waals surface area contributed by atoms with Crippen LogP contribution in [-0.4, -0.2) is 61.9 Å². The third-order valence-corrected chi connectivity index (χ3v) is 5.69. The molecule has 2 aliphatic heterocycles. The first-order chi connectivity index (χ1) is 11.5. The summed E-state index contributed by atoms with van der Waals surface area (Å²) in [5, 5.41) is 11.8. The molecule has 4 atom stereocenters. The van der Waals surface area contributed by atoms with Crippen molar-refractivity contribution in [3.63, 3.8) is 0 Å². The van der Waals surface area contributed by atoms with Gasteiger partial charge < -0.3 is 26.1 Å². The van der Waals surface area contributed by atoms with E-state index in [2.05, 4.69) is 17.1 Å². The molecule has 1 saturated carbocycles. The number of hydrogen-bond acceptors (Lipinski definition) is 6. The number of nitrogens with one attached hydrogen (secondary N) is 2. The maximum atomic E-state index is 8.28. The second-order valence-corrected chi connectivity index (χ2v) is 7.39. The molecule has 6 heteroatoms. The monoisotopic (exact) mass is 333 g/mol. The molecular weight excluding hydrogens is 302 g/mol. The van der Waals surface area contributed by atoms with Gasteiger partial charge >= 0.3 is 0 Å². The van der Waals surface area contributed by atoms with E-state index < -0.39 is 0 Å². The highest BCUT2D eigenvalue weighted by molar-refractivity contribution is 6.22. The van der Waals surface area contributed by atoms with Gasteiger partial charge in [0.1, 0.15) is 5.84 Å². The predicted molar refractivity (Wildman–Crippen MR) is 97.6 cm³/mol. The molecule has 4 N–H and O–H groups in total. The number of fused-ring (bicyclic) bond motifs is 1. The Morgan fingerprint density at radius 3 is 2.83 bits per heavy atom. The minimum atomic E-state index is 0.214. The SMILES string of the molecule is COC1CC(C)C2N=C(N)C(C(C)=N)=C(N3CCCNCC3)C2C1. The van der Waals surface area contributed by atoms with Crippen LogP contribution in [0.25, 0.3) is 0 Å². The van der Waals surface area contributed by atoms with Gasteiger partial charge in [0.15, 0.2) is 0 Å². The second-order valence-electron chi connectivity index (χ2n) is 7.39. The van der Waals surface area contributed by atoms with Crippen molar-refractivity contribution in [1.82, 2.24) is 10.2 Å². The maximum absolute atomic E-state index is 8.28. The minimum absolute atomic E-state index is 0.214. The molecular formula is C18H31N5O. The Morgan fingerprint density at radius 1 is 1.33 bits per heavy atom. The van der Waals surface area contributed by atoms with Crippen LogP contribution < -0.4 is 11.1 Å². The first kappa shape index (κ1) is 17.4. The zero-order chi connectivity index (χ0) is 17.3. The summed E-state index contributed by atoms with van der Waals surface area (Å²) in [7, 11) is 1.81. The lowest BCUT2D eigenvalue weighted by Crippen LogP contribution is -2.48. The molecule has 0 radical (unpaired) electrons. The van der Waals surface area contributed by atoms with E-state index in [9.17, 15) is 0 Å². The van der Waals surface area contributed by atoms with Crippen molar-refractivity contribution in [2.45, 2.75) is 45.3 Å². The van der Waals surface area contributed by atoms with Crippen LogP contribution in [0.2, 0.25) is 0 Å². The third kappa shape index (κ3) is 3.22. The average molecular weight is 333 g/mol. The lowest BCUT2D eigenvalue weighted by Gasteiger charge is -2.45. The fourth-order valence-electron chi connectivity index (χ4n) is 4.56. The number of methoxy groups -OCH3 is 1. The van der Waals surface area contributed by atoms with Gasteiger partial charge in [-0.25, -0.2) is 0 Å². The first-order valence-corrected chi connectivity index (χ1v) is 9.14. The van der Waals surface area contributed by atoms with Gasteiger partial charge in [0.2, 0.25) is 0 Å². The zero-order valence-electron chi connectivity index (χ0n) is 15.1. The fraction of sp³-hybridized carbons (Fsp3) is 0.778. The van der Waals surface area contributed by atoms with Crippen molar-refractivity contribution in [3.05, 3.63) is 11.3 Å². The summed E-state index contributed by atoms with van der Waals surface area (Å²) >= 11 is 0. The van der Waals surface area contributed by atoms with E-state index in [0.29, 0.717) is 23.4 Å². The molecule has 0 bridgehead atoms. The van der Waals surface area contributed by atoms with Crippen molar-refractivity contribution in [1.29, 1.82) is 5.41 Å². The molecule has 2 fully saturated rings. The molecule has 0 amide bonds. The van der Waals surface area contributed by atoms with Crippen LogP contribution in [0.1, 0.15) is 33.1 Å². The van der Waals surface area contributed by atoms with Crippen LogP contribution in [0.4, 0.5) is 0 Å². The molecule has 0 aromatic heterocycles. The van der Waals surface area contributed by atoms with Crippen molar-refractivity contribution in [3.8, 4) is 0 Å². The number of nitrogens with zero attached hydrogens (tertiary/aromatic N) is 2. The topological polar surface area (TPSA) is 86.7 Å². The van der Waals surface area contributed by atoms with Crippen molar-refractivity contribution >= 4 is 11.5 Å². The van der Waals surface area contributed by atoms with E-state index in [1.165, 1.54) is 5.70 Å². The molecule has 3 rings (SSSR count). The molecule has 6 nitrogen and oxygen atoms in total. The molecule has 0 spiro atoms. The molecule has 0 aromatic rings. The van der Waals surface area contributed by atoms with Gasteiger partial charge in [0.05, 0.1) is 17.7 Å². The molecule has 3 aliphatic rings. The average Bonchev–Trinajstić information content (AvgIpc) is 2.83.